The lowest BCUT2D eigenvalue weighted by molar-refractivity contribution is 0.0605. The van der Waals surface area contributed by atoms with Gasteiger partial charge >= 0.3 is 8.60 Å². The zero-order valence-electron chi connectivity index (χ0n) is 14.7. The van der Waals surface area contributed by atoms with Gasteiger partial charge in [0.25, 0.3) is 0 Å². The molecule has 0 amide bonds. The molecule has 0 saturated heterocycles. The molecule has 3 aromatic rings. The molecule has 4 heteroatoms. The van der Waals surface area contributed by atoms with Crippen LogP contribution in [-0.4, -0.2) is 9.79 Å². The predicted molar refractivity (Wildman–Crippen MR) is 106 cm³/mol. The highest BCUT2D eigenvalue weighted by atomic mass is 31.2. The van der Waals surface area contributed by atoms with Crippen molar-refractivity contribution >= 4 is 8.60 Å². The lowest BCUT2D eigenvalue weighted by atomic mass is 9.72. The molecule has 26 heavy (non-hydrogen) atoms. The molecular formula is C22H23O3P. The van der Waals surface area contributed by atoms with Gasteiger partial charge in [-0.1, -0.05) is 97.9 Å². The van der Waals surface area contributed by atoms with Crippen LogP contribution in [0.5, 0.6) is 0 Å². The van der Waals surface area contributed by atoms with Gasteiger partial charge in [0.1, 0.15) is 5.60 Å². The summed E-state index contributed by atoms with van der Waals surface area (Å²) in [4.78, 5) is 19.8. The Labute approximate surface area is 155 Å². The maximum absolute atomic E-state index is 9.90. The molecule has 0 bridgehead atoms. The average molecular weight is 366 g/mol. The molecule has 0 heterocycles. The molecular weight excluding hydrogens is 343 g/mol. The molecule has 2 N–H and O–H groups in total. The van der Waals surface area contributed by atoms with Crippen molar-refractivity contribution in [3.63, 3.8) is 0 Å². The maximum atomic E-state index is 9.90. The van der Waals surface area contributed by atoms with E-state index in [0.717, 1.165) is 23.1 Å². The molecule has 0 spiro atoms. The van der Waals surface area contributed by atoms with Crippen LogP contribution in [0, 0.1) is 0 Å². The molecule has 0 saturated carbocycles. The Balaban J connectivity index is 2.29. The zero-order valence-corrected chi connectivity index (χ0v) is 15.6. The van der Waals surface area contributed by atoms with Crippen LogP contribution in [0.1, 0.15) is 36.0 Å². The van der Waals surface area contributed by atoms with Crippen molar-refractivity contribution in [2.75, 3.05) is 0 Å². The van der Waals surface area contributed by atoms with Gasteiger partial charge in [0, 0.05) is 5.92 Å². The van der Waals surface area contributed by atoms with Crippen molar-refractivity contribution in [2.24, 2.45) is 0 Å². The summed E-state index contributed by atoms with van der Waals surface area (Å²) in [6.45, 7) is 2.10. The minimum atomic E-state index is -2.56. The van der Waals surface area contributed by atoms with Crippen LogP contribution < -0.4 is 0 Å². The molecule has 0 radical (unpaired) electrons. The second-order valence-electron chi connectivity index (χ2n) is 6.18. The SMILES string of the molecule is CCC(c1ccccc1)C(OP(O)O)(c1ccccc1)c1ccccc1. The lowest BCUT2D eigenvalue weighted by Gasteiger charge is -2.41. The normalized spacial score (nSPS) is 12.9. The second kappa shape index (κ2) is 8.57. The molecule has 0 aliphatic heterocycles. The zero-order chi connectivity index (χ0) is 18.4. The standard InChI is InChI=1S/C22H23O3P/c1-2-21(18-12-6-3-7-13-18)22(25-26(23)24,19-14-8-4-9-15-19)20-16-10-5-11-17-20/h3-17,21,23-24H,2H2,1H3. The predicted octanol–water partition coefficient (Wildman–Crippen LogP) is 5.35. The first-order valence-electron chi connectivity index (χ1n) is 8.71. The van der Waals surface area contributed by atoms with E-state index >= 15 is 0 Å². The Morgan fingerprint density at radius 3 is 1.58 bits per heavy atom. The van der Waals surface area contributed by atoms with E-state index in [-0.39, 0.29) is 5.92 Å². The van der Waals surface area contributed by atoms with Crippen molar-refractivity contribution < 1.29 is 14.3 Å². The fourth-order valence-corrected chi connectivity index (χ4v) is 4.28. The van der Waals surface area contributed by atoms with Crippen LogP contribution in [0.3, 0.4) is 0 Å². The van der Waals surface area contributed by atoms with Crippen molar-refractivity contribution in [2.45, 2.75) is 24.9 Å². The minimum absolute atomic E-state index is 0.0854. The Kier molecular flexibility index (Phi) is 6.18. The fraction of sp³-hybridized carbons (Fsp3) is 0.182. The number of hydrogen-bond donors (Lipinski definition) is 2. The summed E-state index contributed by atoms with van der Waals surface area (Å²) < 4.78 is 5.99. The van der Waals surface area contributed by atoms with Gasteiger partial charge < -0.3 is 9.79 Å². The highest BCUT2D eigenvalue weighted by molar-refractivity contribution is 7.39. The summed E-state index contributed by atoms with van der Waals surface area (Å²) in [5.41, 5.74) is 1.91. The summed E-state index contributed by atoms with van der Waals surface area (Å²) in [6, 6.07) is 29.7. The quantitative estimate of drug-likeness (QED) is 0.554. The third kappa shape index (κ3) is 3.72. The number of benzene rings is 3. The summed E-state index contributed by atoms with van der Waals surface area (Å²) in [7, 11) is -2.56. The van der Waals surface area contributed by atoms with Gasteiger partial charge in [-0.05, 0) is 23.1 Å². The van der Waals surface area contributed by atoms with E-state index in [1.165, 1.54) is 0 Å². The van der Waals surface area contributed by atoms with Crippen molar-refractivity contribution in [1.82, 2.24) is 0 Å². The van der Waals surface area contributed by atoms with Gasteiger partial charge in [-0.2, -0.15) is 0 Å². The Morgan fingerprint density at radius 2 is 1.19 bits per heavy atom. The van der Waals surface area contributed by atoms with E-state index in [1.807, 2.05) is 78.9 Å². The van der Waals surface area contributed by atoms with Crippen molar-refractivity contribution in [3.05, 3.63) is 108 Å². The first-order chi connectivity index (χ1) is 12.7. The largest absolute Gasteiger partial charge is 0.328 e. The van der Waals surface area contributed by atoms with Crippen molar-refractivity contribution in [1.29, 1.82) is 0 Å². The van der Waals surface area contributed by atoms with Crippen LogP contribution in [0.25, 0.3) is 0 Å². The van der Waals surface area contributed by atoms with Gasteiger partial charge in [-0.3, -0.25) is 4.52 Å². The van der Waals surface area contributed by atoms with E-state index < -0.39 is 14.2 Å². The van der Waals surface area contributed by atoms with Gasteiger partial charge in [-0.15, -0.1) is 0 Å². The van der Waals surface area contributed by atoms with E-state index in [9.17, 15) is 9.79 Å². The molecule has 0 aliphatic rings. The monoisotopic (exact) mass is 366 g/mol. The van der Waals surface area contributed by atoms with Crippen LogP contribution in [0.15, 0.2) is 91.0 Å². The topological polar surface area (TPSA) is 49.7 Å². The van der Waals surface area contributed by atoms with E-state index in [2.05, 4.69) is 19.1 Å². The van der Waals surface area contributed by atoms with E-state index in [1.54, 1.807) is 0 Å². The highest BCUT2D eigenvalue weighted by Crippen LogP contribution is 2.52. The van der Waals surface area contributed by atoms with Gasteiger partial charge in [-0.25, -0.2) is 0 Å². The fourth-order valence-electron chi connectivity index (χ4n) is 3.68. The summed E-state index contributed by atoms with van der Waals surface area (Å²) in [6.07, 6.45) is 0.775. The molecule has 1 atom stereocenters. The van der Waals surface area contributed by atoms with E-state index in [4.69, 9.17) is 4.52 Å². The minimum Gasteiger partial charge on any atom is -0.328 e. The smallest absolute Gasteiger partial charge is 0.328 e. The molecule has 0 fully saturated rings. The average Bonchev–Trinajstić information content (AvgIpc) is 2.69. The molecule has 3 aromatic carbocycles. The van der Waals surface area contributed by atoms with Crippen LogP contribution in [0.4, 0.5) is 0 Å². The second-order valence-corrected chi connectivity index (χ2v) is 6.87. The third-order valence-corrected chi connectivity index (χ3v) is 5.18. The van der Waals surface area contributed by atoms with Gasteiger partial charge in [0.15, 0.2) is 0 Å². The first-order valence-corrected chi connectivity index (χ1v) is 9.88. The van der Waals surface area contributed by atoms with Crippen LogP contribution >= 0.6 is 8.60 Å². The highest BCUT2D eigenvalue weighted by Gasteiger charge is 2.45. The molecule has 0 aliphatic carbocycles. The summed E-state index contributed by atoms with van der Waals surface area (Å²) >= 11 is 0. The summed E-state index contributed by atoms with van der Waals surface area (Å²) in [5, 5.41) is 0. The number of rotatable bonds is 7. The first kappa shape index (κ1) is 18.8. The summed E-state index contributed by atoms with van der Waals surface area (Å²) in [5.74, 6) is -0.0854. The maximum Gasteiger partial charge on any atom is 0.328 e. The molecule has 134 valence electrons. The molecule has 1 unspecified atom stereocenters. The Bertz CT molecular complexity index is 752. The Hall–Kier alpha value is -2.03. The molecule has 3 nitrogen and oxygen atoms in total. The van der Waals surface area contributed by atoms with Crippen LogP contribution in [-0.2, 0) is 10.1 Å². The van der Waals surface area contributed by atoms with Crippen LogP contribution in [0.2, 0.25) is 0 Å². The molecule has 0 aromatic heterocycles. The molecule has 3 rings (SSSR count). The number of hydrogen-bond acceptors (Lipinski definition) is 3. The lowest BCUT2D eigenvalue weighted by Crippen LogP contribution is -2.36. The third-order valence-electron chi connectivity index (χ3n) is 4.73. The van der Waals surface area contributed by atoms with Crippen molar-refractivity contribution in [3.8, 4) is 0 Å². The van der Waals surface area contributed by atoms with Gasteiger partial charge in [0.05, 0.1) is 0 Å². The Morgan fingerprint density at radius 1 is 0.769 bits per heavy atom. The van der Waals surface area contributed by atoms with Gasteiger partial charge in [0.2, 0.25) is 0 Å². The van der Waals surface area contributed by atoms with E-state index in [0.29, 0.717) is 0 Å².